The summed E-state index contributed by atoms with van der Waals surface area (Å²) in [6.45, 7) is 2.11. The van der Waals surface area contributed by atoms with Crippen molar-refractivity contribution < 1.29 is 0 Å². The molecule has 0 saturated heterocycles. The quantitative estimate of drug-likeness (QED) is 0.596. The summed E-state index contributed by atoms with van der Waals surface area (Å²) in [6, 6.07) is 2.32. The molecule has 2 rings (SSSR count). The number of hydrogen-bond donors (Lipinski definition) is 0. The fraction of sp³-hybridized carbons (Fsp3) is 0.500. The highest BCUT2D eigenvalue weighted by Crippen LogP contribution is 2.33. The molecule has 1 atom stereocenters. The van der Waals surface area contributed by atoms with Gasteiger partial charge in [0.25, 0.3) is 0 Å². The zero-order valence-electron chi connectivity index (χ0n) is 7.97. The maximum absolute atomic E-state index is 5.42. The number of hydrogen-bond acceptors (Lipinski definition) is 1. The van der Waals surface area contributed by atoms with E-state index in [4.69, 9.17) is 6.42 Å². The lowest BCUT2D eigenvalue weighted by Gasteiger charge is -2.08. The van der Waals surface area contributed by atoms with Gasteiger partial charge in [-0.05, 0) is 44.2 Å². The van der Waals surface area contributed by atoms with Crippen LogP contribution in [0.4, 0.5) is 0 Å². The summed E-state index contributed by atoms with van der Waals surface area (Å²) in [7, 11) is 0. The van der Waals surface area contributed by atoms with Gasteiger partial charge in [-0.15, -0.1) is 17.8 Å². The van der Waals surface area contributed by atoms with Crippen LogP contribution in [0.25, 0.3) is 0 Å². The normalized spacial score (nSPS) is 17.5. The standard InChI is InChI=1S/C12H14S/c1-3-9(2)12-8-10-6-4-5-7-11(10)13-12/h1,8-9H,4-7H2,2H3. The Kier molecular flexibility index (Phi) is 2.42. The fourth-order valence-electron chi connectivity index (χ4n) is 1.81. The van der Waals surface area contributed by atoms with Gasteiger partial charge in [0.2, 0.25) is 0 Å². The van der Waals surface area contributed by atoms with Crippen LogP contribution in [-0.4, -0.2) is 0 Å². The van der Waals surface area contributed by atoms with Crippen molar-refractivity contribution >= 4 is 11.3 Å². The van der Waals surface area contributed by atoms with Crippen LogP contribution in [0.3, 0.4) is 0 Å². The van der Waals surface area contributed by atoms with Crippen molar-refractivity contribution in [3.05, 3.63) is 21.4 Å². The smallest absolute Gasteiger partial charge is 0.0515 e. The van der Waals surface area contributed by atoms with E-state index >= 15 is 0 Å². The topological polar surface area (TPSA) is 0 Å². The van der Waals surface area contributed by atoms with Crippen molar-refractivity contribution in [2.45, 2.75) is 38.5 Å². The number of thiophene rings is 1. The predicted molar refractivity (Wildman–Crippen MR) is 58.2 cm³/mol. The summed E-state index contributed by atoms with van der Waals surface area (Å²) in [4.78, 5) is 2.97. The van der Waals surface area contributed by atoms with E-state index in [1.165, 1.54) is 30.6 Å². The number of aryl methyl sites for hydroxylation is 2. The first-order valence-corrected chi connectivity index (χ1v) is 5.70. The molecule has 1 unspecified atom stereocenters. The van der Waals surface area contributed by atoms with Gasteiger partial charge >= 0.3 is 0 Å². The van der Waals surface area contributed by atoms with Gasteiger partial charge in [0.15, 0.2) is 0 Å². The van der Waals surface area contributed by atoms with Gasteiger partial charge in [-0.25, -0.2) is 0 Å². The van der Waals surface area contributed by atoms with Crippen molar-refractivity contribution in [2.75, 3.05) is 0 Å². The van der Waals surface area contributed by atoms with Crippen molar-refractivity contribution in [3.63, 3.8) is 0 Å². The molecule has 68 valence electrons. The Bertz CT molecular complexity index is 317. The van der Waals surface area contributed by atoms with Gasteiger partial charge < -0.3 is 0 Å². The molecule has 13 heavy (non-hydrogen) atoms. The summed E-state index contributed by atoms with van der Waals surface area (Å²) >= 11 is 1.93. The summed E-state index contributed by atoms with van der Waals surface area (Å²) in [5.41, 5.74) is 1.56. The molecule has 1 heterocycles. The fourth-order valence-corrected chi connectivity index (χ4v) is 3.08. The maximum atomic E-state index is 5.42. The Hall–Kier alpha value is -0.740. The summed E-state index contributed by atoms with van der Waals surface area (Å²) < 4.78 is 0. The van der Waals surface area contributed by atoms with Crippen LogP contribution >= 0.6 is 11.3 Å². The second kappa shape index (κ2) is 3.55. The summed E-state index contributed by atoms with van der Waals surface area (Å²) in [5.74, 6) is 3.10. The van der Waals surface area contributed by atoms with E-state index in [2.05, 4.69) is 18.9 Å². The molecule has 0 nitrogen and oxygen atoms in total. The van der Waals surface area contributed by atoms with E-state index in [1.54, 1.807) is 10.4 Å². The van der Waals surface area contributed by atoms with Gasteiger partial charge in [0.05, 0.1) is 5.92 Å². The van der Waals surface area contributed by atoms with Gasteiger partial charge in [-0.1, -0.05) is 5.92 Å². The lowest BCUT2D eigenvalue weighted by Crippen LogP contribution is -1.96. The van der Waals surface area contributed by atoms with E-state index in [1.807, 2.05) is 11.3 Å². The summed E-state index contributed by atoms with van der Waals surface area (Å²) in [6.07, 6.45) is 10.7. The molecule has 0 radical (unpaired) electrons. The first-order valence-electron chi connectivity index (χ1n) is 4.89. The Morgan fingerprint density at radius 1 is 1.46 bits per heavy atom. The van der Waals surface area contributed by atoms with Crippen LogP contribution in [0.2, 0.25) is 0 Å². The molecule has 1 heteroatoms. The highest BCUT2D eigenvalue weighted by molar-refractivity contribution is 7.12. The van der Waals surface area contributed by atoms with Crippen LogP contribution in [0.5, 0.6) is 0 Å². The molecular formula is C12H14S. The zero-order valence-corrected chi connectivity index (χ0v) is 8.79. The molecule has 0 bridgehead atoms. The minimum absolute atomic E-state index is 0.301. The van der Waals surface area contributed by atoms with Crippen LogP contribution in [0.15, 0.2) is 6.07 Å². The van der Waals surface area contributed by atoms with Crippen LogP contribution in [-0.2, 0) is 12.8 Å². The molecule has 0 N–H and O–H groups in total. The third-order valence-electron chi connectivity index (χ3n) is 2.69. The molecule has 1 aliphatic carbocycles. The Morgan fingerprint density at radius 2 is 2.23 bits per heavy atom. The van der Waals surface area contributed by atoms with E-state index in [0.29, 0.717) is 5.92 Å². The Labute approximate surface area is 84.0 Å². The molecule has 0 saturated carbocycles. The minimum Gasteiger partial charge on any atom is -0.144 e. The lowest BCUT2D eigenvalue weighted by atomic mass is 9.98. The molecule has 1 aromatic rings. The van der Waals surface area contributed by atoms with Gasteiger partial charge in [-0.2, -0.15) is 0 Å². The van der Waals surface area contributed by atoms with Crippen molar-refractivity contribution in [3.8, 4) is 12.3 Å². The number of rotatable bonds is 1. The SMILES string of the molecule is C#CC(C)c1cc2c(s1)CCCC2. The summed E-state index contributed by atoms with van der Waals surface area (Å²) in [5, 5.41) is 0. The van der Waals surface area contributed by atoms with E-state index in [-0.39, 0.29) is 0 Å². The van der Waals surface area contributed by atoms with Gasteiger partial charge in [0, 0.05) is 9.75 Å². The van der Waals surface area contributed by atoms with Crippen LogP contribution in [0, 0.1) is 12.3 Å². The molecule has 1 aliphatic rings. The molecule has 0 spiro atoms. The zero-order chi connectivity index (χ0) is 9.26. The van der Waals surface area contributed by atoms with Gasteiger partial charge in [0.1, 0.15) is 0 Å². The molecule has 0 amide bonds. The number of fused-ring (bicyclic) bond motifs is 1. The van der Waals surface area contributed by atoms with E-state index in [9.17, 15) is 0 Å². The van der Waals surface area contributed by atoms with Crippen LogP contribution < -0.4 is 0 Å². The Morgan fingerprint density at radius 3 is 2.92 bits per heavy atom. The van der Waals surface area contributed by atoms with Crippen molar-refractivity contribution in [1.82, 2.24) is 0 Å². The monoisotopic (exact) mass is 190 g/mol. The second-order valence-electron chi connectivity index (χ2n) is 3.69. The van der Waals surface area contributed by atoms with E-state index in [0.717, 1.165) is 0 Å². The predicted octanol–water partition coefficient (Wildman–Crippen LogP) is 3.36. The largest absolute Gasteiger partial charge is 0.144 e. The molecule has 0 fully saturated rings. The molecule has 0 aromatic carbocycles. The molecule has 0 aliphatic heterocycles. The maximum Gasteiger partial charge on any atom is 0.0515 e. The van der Waals surface area contributed by atoms with Crippen molar-refractivity contribution in [1.29, 1.82) is 0 Å². The first-order chi connectivity index (χ1) is 6.31. The first kappa shape index (κ1) is 8.84. The Balaban J connectivity index is 2.31. The highest BCUT2D eigenvalue weighted by Gasteiger charge is 2.15. The average molecular weight is 190 g/mol. The highest BCUT2D eigenvalue weighted by atomic mass is 32.1. The van der Waals surface area contributed by atoms with Crippen molar-refractivity contribution in [2.24, 2.45) is 0 Å². The lowest BCUT2D eigenvalue weighted by molar-refractivity contribution is 0.697. The second-order valence-corrected chi connectivity index (χ2v) is 4.86. The minimum atomic E-state index is 0.301. The van der Waals surface area contributed by atoms with Crippen LogP contribution in [0.1, 0.15) is 41.0 Å². The third-order valence-corrected chi connectivity index (χ3v) is 4.11. The molecule has 1 aromatic heterocycles. The molecular weight excluding hydrogens is 176 g/mol. The third kappa shape index (κ3) is 1.64. The van der Waals surface area contributed by atoms with Gasteiger partial charge in [-0.3, -0.25) is 0 Å². The number of terminal acetylenes is 1. The van der Waals surface area contributed by atoms with E-state index < -0.39 is 0 Å². The average Bonchev–Trinajstić information content (AvgIpc) is 2.59.